The van der Waals surface area contributed by atoms with Crippen molar-refractivity contribution in [3.63, 3.8) is 0 Å². The predicted octanol–water partition coefficient (Wildman–Crippen LogP) is 0.323. The van der Waals surface area contributed by atoms with Crippen LogP contribution in [0.1, 0.15) is 0 Å². The van der Waals surface area contributed by atoms with Crippen LogP contribution in [0.3, 0.4) is 0 Å². The van der Waals surface area contributed by atoms with E-state index >= 15 is 0 Å². The summed E-state index contributed by atoms with van der Waals surface area (Å²) in [4.78, 5) is 0. The summed E-state index contributed by atoms with van der Waals surface area (Å²) < 4.78 is 1.53. The third-order valence-electron chi connectivity index (χ3n) is 1.35. The minimum absolute atomic E-state index is 0.244. The van der Waals surface area contributed by atoms with Gasteiger partial charge in [-0.1, -0.05) is 0 Å². The van der Waals surface area contributed by atoms with E-state index < -0.39 is 0 Å². The van der Waals surface area contributed by atoms with Crippen molar-refractivity contribution >= 4 is 23.0 Å². The van der Waals surface area contributed by atoms with Gasteiger partial charge in [-0.15, -0.1) is 0 Å². The number of nitriles is 1. The summed E-state index contributed by atoms with van der Waals surface area (Å²) >= 11 is 4.89. The Labute approximate surface area is 81.3 Å². The quantitative estimate of drug-likeness (QED) is 0.665. The van der Waals surface area contributed by atoms with Crippen LogP contribution in [0.4, 0.5) is 5.69 Å². The van der Waals surface area contributed by atoms with Gasteiger partial charge in [0.2, 0.25) is 0 Å². The van der Waals surface area contributed by atoms with Gasteiger partial charge in [0.25, 0.3) is 0 Å². The van der Waals surface area contributed by atoms with Gasteiger partial charge in [0.15, 0.2) is 5.11 Å². The van der Waals surface area contributed by atoms with Crippen LogP contribution < -0.4 is 10.6 Å². The molecule has 0 aliphatic heterocycles. The molecule has 68 valence electrons. The van der Waals surface area contributed by atoms with Gasteiger partial charge in [-0.25, -0.2) is 0 Å². The molecule has 1 aromatic heterocycles. The number of nitrogens with zero attached hydrogens (tertiary/aromatic N) is 3. The standard InChI is InChI=1S/C7H9N5S/c1-9-7(13)11-6-4-10-12(5-6)3-2-8/h4-5H,3H2,1H3,(H2,9,11,13). The number of hydrogen-bond acceptors (Lipinski definition) is 3. The van der Waals surface area contributed by atoms with Crippen LogP contribution in [0.15, 0.2) is 12.4 Å². The molecule has 0 spiro atoms. The molecule has 0 aromatic carbocycles. The summed E-state index contributed by atoms with van der Waals surface area (Å²) in [5, 5.41) is 18.5. The fourth-order valence-corrected chi connectivity index (χ4v) is 0.898. The highest BCUT2D eigenvalue weighted by molar-refractivity contribution is 7.80. The van der Waals surface area contributed by atoms with Gasteiger partial charge in [0.05, 0.1) is 18.0 Å². The molecule has 0 aliphatic rings. The van der Waals surface area contributed by atoms with Crippen LogP contribution in [-0.2, 0) is 6.54 Å². The van der Waals surface area contributed by atoms with Crippen molar-refractivity contribution in [2.24, 2.45) is 0 Å². The highest BCUT2D eigenvalue weighted by atomic mass is 32.1. The van der Waals surface area contributed by atoms with E-state index in [0.29, 0.717) is 5.11 Å². The maximum atomic E-state index is 8.39. The molecule has 0 radical (unpaired) electrons. The third kappa shape index (κ3) is 2.72. The first-order valence-electron chi connectivity index (χ1n) is 3.64. The Hall–Kier alpha value is -1.61. The predicted molar refractivity (Wildman–Crippen MR) is 53.1 cm³/mol. The van der Waals surface area contributed by atoms with Crippen LogP contribution in [0.25, 0.3) is 0 Å². The maximum Gasteiger partial charge on any atom is 0.170 e. The molecule has 6 heteroatoms. The van der Waals surface area contributed by atoms with Gasteiger partial charge < -0.3 is 10.6 Å². The minimum Gasteiger partial charge on any atom is -0.366 e. The molecule has 0 saturated carbocycles. The molecular formula is C7H9N5S. The van der Waals surface area contributed by atoms with E-state index in [1.165, 1.54) is 4.68 Å². The molecule has 0 atom stereocenters. The van der Waals surface area contributed by atoms with Crippen molar-refractivity contribution in [1.29, 1.82) is 5.26 Å². The molecule has 0 aliphatic carbocycles. The summed E-state index contributed by atoms with van der Waals surface area (Å²) in [6.45, 7) is 0.244. The zero-order valence-electron chi connectivity index (χ0n) is 7.11. The zero-order valence-corrected chi connectivity index (χ0v) is 7.93. The highest BCUT2D eigenvalue weighted by Crippen LogP contribution is 2.03. The van der Waals surface area contributed by atoms with Gasteiger partial charge in [0, 0.05) is 13.2 Å². The van der Waals surface area contributed by atoms with Crippen molar-refractivity contribution in [3.8, 4) is 6.07 Å². The van der Waals surface area contributed by atoms with Crippen LogP contribution in [0.5, 0.6) is 0 Å². The third-order valence-corrected chi connectivity index (χ3v) is 1.66. The Morgan fingerprint density at radius 3 is 3.23 bits per heavy atom. The number of hydrogen-bond donors (Lipinski definition) is 2. The second-order valence-corrected chi connectivity index (χ2v) is 2.70. The zero-order chi connectivity index (χ0) is 9.68. The average Bonchev–Trinajstić information content (AvgIpc) is 2.53. The lowest BCUT2D eigenvalue weighted by atomic mass is 10.6. The van der Waals surface area contributed by atoms with E-state index in [0.717, 1.165) is 5.69 Å². The number of anilines is 1. The van der Waals surface area contributed by atoms with Gasteiger partial charge in [-0.3, -0.25) is 4.68 Å². The number of rotatable bonds is 2. The molecule has 0 saturated heterocycles. The molecule has 0 fully saturated rings. The first kappa shape index (κ1) is 9.48. The van der Waals surface area contributed by atoms with E-state index in [2.05, 4.69) is 15.7 Å². The molecule has 0 bridgehead atoms. The maximum absolute atomic E-state index is 8.39. The van der Waals surface area contributed by atoms with Gasteiger partial charge >= 0.3 is 0 Å². The summed E-state index contributed by atoms with van der Waals surface area (Å²) in [5.41, 5.74) is 0.773. The van der Waals surface area contributed by atoms with Gasteiger partial charge in [-0.05, 0) is 12.2 Å². The first-order valence-corrected chi connectivity index (χ1v) is 4.05. The van der Waals surface area contributed by atoms with Crippen LogP contribution in [0.2, 0.25) is 0 Å². The smallest absolute Gasteiger partial charge is 0.170 e. The Morgan fingerprint density at radius 2 is 2.62 bits per heavy atom. The summed E-state index contributed by atoms with van der Waals surface area (Å²) in [5.74, 6) is 0. The molecule has 5 nitrogen and oxygen atoms in total. The number of aromatic nitrogens is 2. The largest absolute Gasteiger partial charge is 0.366 e. The molecular weight excluding hydrogens is 186 g/mol. The summed E-state index contributed by atoms with van der Waals surface area (Å²) in [6.07, 6.45) is 3.33. The van der Waals surface area contributed by atoms with E-state index in [9.17, 15) is 0 Å². The Bertz CT molecular complexity index is 337. The summed E-state index contributed by atoms with van der Waals surface area (Å²) in [6, 6.07) is 1.99. The second-order valence-electron chi connectivity index (χ2n) is 2.29. The molecule has 1 aromatic rings. The van der Waals surface area contributed by atoms with Crippen molar-refractivity contribution in [2.75, 3.05) is 12.4 Å². The minimum atomic E-state index is 0.244. The lowest BCUT2D eigenvalue weighted by molar-refractivity contribution is 0.710. The monoisotopic (exact) mass is 195 g/mol. The van der Waals surface area contributed by atoms with Crippen molar-refractivity contribution < 1.29 is 0 Å². The van der Waals surface area contributed by atoms with Crippen LogP contribution >= 0.6 is 12.2 Å². The highest BCUT2D eigenvalue weighted by Gasteiger charge is 1.98. The van der Waals surface area contributed by atoms with E-state index in [4.69, 9.17) is 17.5 Å². The normalized spacial score (nSPS) is 8.92. The fourth-order valence-electron chi connectivity index (χ4n) is 0.781. The molecule has 1 rings (SSSR count). The Kier molecular flexibility index (Phi) is 3.23. The van der Waals surface area contributed by atoms with Crippen molar-refractivity contribution in [2.45, 2.75) is 6.54 Å². The van der Waals surface area contributed by atoms with Gasteiger partial charge in [-0.2, -0.15) is 10.4 Å². The SMILES string of the molecule is CNC(=S)Nc1cnn(CC#N)c1. The molecule has 0 amide bonds. The van der Waals surface area contributed by atoms with E-state index in [-0.39, 0.29) is 6.54 Å². The molecule has 2 N–H and O–H groups in total. The molecule has 13 heavy (non-hydrogen) atoms. The van der Waals surface area contributed by atoms with Crippen molar-refractivity contribution in [1.82, 2.24) is 15.1 Å². The van der Waals surface area contributed by atoms with E-state index in [1.54, 1.807) is 19.4 Å². The van der Waals surface area contributed by atoms with E-state index in [1.807, 2.05) is 6.07 Å². The number of thiocarbonyl (C=S) groups is 1. The topological polar surface area (TPSA) is 65.7 Å². The lowest BCUT2D eigenvalue weighted by Crippen LogP contribution is -2.23. The first-order chi connectivity index (χ1) is 6.26. The second kappa shape index (κ2) is 4.42. The fraction of sp³-hybridized carbons (Fsp3) is 0.286. The molecule has 0 unspecified atom stereocenters. The Balaban J connectivity index is 2.59. The number of nitrogens with one attached hydrogen (secondary N) is 2. The average molecular weight is 195 g/mol. The Morgan fingerprint density at radius 1 is 1.85 bits per heavy atom. The summed E-state index contributed by atoms with van der Waals surface area (Å²) in [7, 11) is 1.73. The van der Waals surface area contributed by atoms with Crippen LogP contribution in [0, 0.1) is 11.3 Å². The van der Waals surface area contributed by atoms with Crippen LogP contribution in [-0.4, -0.2) is 21.9 Å². The van der Waals surface area contributed by atoms with Crippen molar-refractivity contribution in [3.05, 3.63) is 12.4 Å². The lowest BCUT2D eigenvalue weighted by Gasteiger charge is -2.02. The molecule has 1 heterocycles. The van der Waals surface area contributed by atoms with Gasteiger partial charge in [0.1, 0.15) is 6.54 Å².